The number of pyridine rings is 1. The van der Waals surface area contributed by atoms with E-state index in [9.17, 15) is 18.0 Å². The molecule has 7 heteroatoms. The molecule has 0 spiro atoms. The van der Waals surface area contributed by atoms with Crippen LogP contribution >= 0.6 is 0 Å². The van der Waals surface area contributed by atoms with Crippen molar-refractivity contribution in [3.8, 4) is 0 Å². The first-order valence-corrected chi connectivity index (χ1v) is 11.8. The maximum atomic E-state index is 13.4. The van der Waals surface area contributed by atoms with E-state index in [-0.39, 0.29) is 11.4 Å². The Morgan fingerprint density at radius 3 is 2.50 bits per heavy atom. The Morgan fingerprint density at radius 1 is 1.00 bits per heavy atom. The molecule has 2 saturated heterocycles. The monoisotopic (exact) mass is 445 g/mol. The Hall–Kier alpha value is -2.15. The van der Waals surface area contributed by atoms with Crippen molar-refractivity contribution in [3.63, 3.8) is 0 Å². The summed E-state index contributed by atoms with van der Waals surface area (Å²) in [5.41, 5.74) is 0.0698. The number of alkyl halides is 3. The zero-order valence-electron chi connectivity index (χ0n) is 18.3. The average molecular weight is 446 g/mol. The van der Waals surface area contributed by atoms with E-state index in [0.717, 1.165) is 50.0 Å². The molecule has 172 valence electrons. The third-order valence-electron chi connectivity index (χ3n) is 7.42. The fourth-order valence-corrected chi connectivity index (χ4v) is 5.47. The number of anilines is 1. The molecule has 0 unspecified atom stereocenters. The van der Waals surface area contributed by atoms with Gasteiger partial charge in [0.15, 0.2) is 0 Å². The lowest BCUT2D eigenvalue weighted by Gasteiger charge is -2.34. The number of hydrogen-bond acceptors (Lipinski definition) is 4. The number of nitrogens with zero attached hydrogens (tertiary/aromatic N) is 3. The zero-order valence-corrected chi connectivity index (χ0v) is 18.3. The van der Waals surface area contributed by atoms with Gasteiger partial charge < -0.3 is 9.80 Å². The average Bonchev–Trinajstić information content (AvgIpc) is 3.49. The maximum Gasteiger partial charge on any atom is 0.418 e. The molecule has 4 nitrogen and oxygen atoms in total. The van der Waals surface area contributed by atoms with Crippen molar-refractivity contribution in [2.24, 2.45) is 17.8 Å². The summed E-state index contributed by atoms with van der Waals surface area (Å²) in [5.74, 6) is 1.83. The fraction of sp³-hybridized carbons (Fsp3) is 0.600. The minimum atomic E-state index is -4.43. The van der Waals surface area contributed by atoms with Gasteiger partial charge in [-0.2, -0.15) is 13.2 Å². The molecule has 2 aromatic rings. The number of hydrogen-bond donors (Lipinski definition) is 0. The first-order valence-electron chi connectivity index (χ1n) is 11.8. The first-order chi connectivity index (χ1) is 15.4. The molecule has 1 saturated carbocycles. The molecular weight excluding hydrogens is 415 g/mol. The lowest BCUT2D eigenvalue weighted by atomic mass is 9.87. The van der Waals surface area contributed by atoms with Gasteiger partial charge in [-0.3, -0.25) is 9.78 Å². The van der Waals surface area contributed by atoms with Gasteiger partial charge in [0.25, 0.3) is 0 Å². The molecule has 32 heavy (non-hydrogen) atoms. The van der Waals surface area contributed by atoms with Gasteiger partial charge in [-0.25, -0.2) is 0 Å². The number of halogens is 3. The quantitative estimate of drug-likeness (QED) is 0.615. The fourth-order valence-electron chi connectivity index (χ4n) is 5.47. The summed E-state index contributed by atoms with van der Waals surface area (Å²) in [5, 5.41) is 0.522. The summed E-state index contributed by atoms with van der Waals surface area (Å²) in [6.07, 6.45) is 3.03. The van der Waals surface area contributed by atoms with Gasteiger partial charge in [0, 0.05) is 55.8 Å². The third-order valence-corrected chi connectivity index (χ3v) is 7.42. The summed E-state index contributed by atoms with van der Waals surface area (Å²) < 4.78 is 40.2. The van der Waals surface area contributed by atoms with Gasteiger partial charge in [0.2, 0.25) is 0 Å². The van der Waals surface area contributed by atoms with E-state index in [2.05, 4.69) is 14.8 Å². The molecule has 0 N–H and O–H groups in total. The van der Waals surface area contributed by atoms with Gasteiger partial charge in [-0.05, 0) is 74.8 Å². The van der Waals surface area contributed by atoms with E-state index in [0.29, 0.717) is 36.6 Å². The highest BCUT2D eigenvalue weighted by Gasteiger charge is 2.35. The minimum Gasteiger partial charge on any atom is -0.371 e. The van der Waals surface area contributed by atoms with Crippen molar-refractivity contribution in [1.82, 2.24) is 9.88 Å². The Balaban J connectivity index is 1.20. The van der Waals surface area contributed by atoms with Crippen LogP contribution in [-0.4, -0.2) is 48.4 Å². The van der Waals surface area contributed by atoms with Gasteiger partial charge in [-0.1, -0.05) is 0 Å². The van der Waals surface area contributed by atoms with Crippen LogP contribution in [0.4, 0.5) is 18.9 Å². The minimum absolute atomic E-state index is 0.00677. The number of aromatic nitrogens is 1. The van der Waals surface area contributed by atoms with Crippen LogP contribution in [-0.2, 0) is 11.0 Å². The van der Waals surface area contributed by atoms with E-state index in [4.69, 9.17) is 0 Å². The van der Waals surface area contributed by atoms with Crippen LogP contribution in [0.2, 0.25) is 0 Å². The molecule has 1 aromatic carbocycles. The van der Waals surface area contributed by atoms with Crippen LogP contribution < -0.4 is 4.90 Å². The molecule has 3 aliphatic rings. The van der Waals surface area contributed by atoms with Crippen LogP contribution in [0.1, 0.15) is 44.1 Å². The van der Waals surface area contributed by atoms with Crippen LogP contribution in [0.3, 0.4) is 0 Å². The lowest BCUT2D eigenvalue weighted by Crippen LogP contribution is -2.37. The van der Waals surface area contributed by atoms with Gasteiger partial charge in [-0.15, -0.1) is 0 Å². The lowest BCUT2D eigenvalue weighted by molar-refractivity contribution is -0.136. The molecule has 3 fully saturated rings. The maximum absolute atomic E-state index is 13.4. The van der Waals surface area contributed by atoms with Crippen molar-refractivity contribution in [1.29, 1.82) is 0 Å². The number of carbonyl (C=O) groups excluding carboxylic acids is 1. The Bertz CT molecular complexity index is 980. The third kappa shape index (κ3) is 4.63. The number of Topliss-reactive ketones (excluding diaryl/α,β-unsaturated/α-hetero) is 1. The highest BCUT2D eigenvalue weighted by Crippen LogP contribution is 2.39. The number of fused-ring (bicyclic) bond motifs is 1. The topological polar surface area (TPSA) is 36.4 Å². The predicted octanol–water partition coefficient (Wildman–Crippen LogP) is 5.16. The first kappa shape index (κ1) is 21.7. The Kier molecular flexibility index (Phi) is 5.86. The molecule has 1 aromatic heterocycles. The molecular formula is C25H30F3N3O. The Morgan fingerprint density at radius 2 is 1.78 bits per heavy atom. The van der Waals surface area contributed by atoms with Gasteiger partial charge in [0.05, 0.1) is 11.1 Å². The van der Waals surface area contributed by atoms with Gasteiger partial charge >= 0.3 is 6.18 Å². The number of carbonyl (C=O) groups is 1. The zero-order chi connectivity index (χ0) is 22.3. The summed E-state index contributed by atoms with van der Waals surface area (Å²) >= 11 is 0. The number of benzene rings is 1. The van der Waals surface area contributed by atoms with Crippen LogP contribution in [0, 0.1) is 17.8 Å². The standard InChI is InChI=1S/C25H30F3N3O/c26-25(27,28)21-5-6-22(20-2-1-10-29-24(20)21)31-12-8-19(9-13-31)23(32)14-18-7-11-30(16-18)15-17-3-4-17/h1-2,5-6,10,17-19H,3-4,7-9,11-16H2/t18-/m1/s1. The molecule has 3 heterocycles. The summed E-state index contributed by atoms with van der Waals surface area (Å²) in [4.78, 5) is 21.6. The smallest absolute Gasteiger partial charge is 0.371 e. The van der Waals surface area contributed by atoms with E-state index in [1.165, 1.54) is 25.6 Å². The number of piperidine rings is 1. The van der Waals surface area contributed by atoms with Crippen molar-refractivity contribution in [2.75, 3.05) is 37.6 Å². The van der Waals surface area contributed by atoms with E-state index < -0.39 is 11.7 Å². The second kappa shape index (κ2) is 8.65. The summed E-state index contributed by atoms with van der Waals surface area (Å²) in [7, 11) is 0. The van der Waals surface area contributed by atoms with Crippen LogP contribution in [0.5, 0.6) is 0 Å². The largest absolute Gasteiger partial charge is 0.418 e. The van der Waals surface area contributed by atoms with Crippen LogP contribution in [0.15, 0.2) is 30.5 Å². The van der Waals surface area contributed by atoms with Crippen molar-refractivity contribution >= 4 is 22.4 Å². The van der Waals surface area contributed by atoms with Crippen molar-refractivity contribution < 1.29 is 18.0 Å². The highest BCUT2D eigenvalue weighted by molar-refractivity contribution is 5.94. The van der Waals surface area contributed by atoms with Crippen LogP contribution in [0.25, 0.3) is 10.9 Å². The van der Waals surface area contributed by atoms with E-state index in [1.54, 1.807) is 18.2 Å². The van der Waals surface area contributed by atoms with Crippen molar-refractivity contribution in [3.05, 3.63) is 36.0 Å². The Labute approximate surface area is 186 Å². The van der Waals surface area contributed by atoms with E-state index >= 15 is 0 Å². The van der Waals surface area contributed by atoms with Crippen molar-refractivity contribution in [2.45, 2.75) is 44.7 Å². The molecule has 0 bridgehead atoms. The summed E-state index contributed by atoms with van der Waals surface area (Å²) in [6.45, 7) is 4.76. The SMILES string of the molecule is O=C(C[C@H]1CCN(CC2CC2)C1)C1CCN(c2ccc(C(F)(F)F)c3ncccc23)CC1. The predicted molar refractivity (Wildman–Crippen MR) is 119 cm³/mol. The molecule has 1 aliphatic carbocycles. The second-order valence-corrected chi connectivity index (χ2v) is 9.82. The summed E-state index contributed by atoms with van der Waals surface area (Å²) in [6, 6.07) is 6.07. The number of likely N-dealkylation sites (tertiary alicyclic amines) is 1. The number of rotatable bonds is 6. The molecule has 1 atom stereocenters. The molecule has 0 radical (unpaired) electrons. The second-order valence-electron chi connectivity index (χ2n) is 9.82. The molecule has 0 amide bonds. The molecule has 5 rings (SSSR count). The number of ketones is 1. The highest BCUT2D eigenvalue weighted by atomic mass is 19.4. The van der Waals surface area contributed by atoms with E-state index in [1.807, 2.05) is 0 Å². The van der Waals surface area contributed by atoms with Gasteiger partial charge in [0.1, 0.15) is 5.78 Å². The molecule has 2 aliphatic heterocycles. The normalized spacial score (nSPS) is 23.2.